The van der Waals surface area contributed by atoms with E-state index in [-0.39, 0.29) is 18.8 Å². The van der Waals surface area contributed by atoms with E-state index in [0.29, 0.717) is 27.8 Å². The zero-order chi connectivity index (χ0) is 28.3. The van der Waals surface area contributed by atoms with Gasteiger partial charge < -0.3 is 14.5 Å². The number of hydrogen-bond acceptors (Lipinski definition) is 4. The van der Waals surface area contributed by atoms with Gasteiger partial charge in [-0.25, -0.2) is 0 Å². The first kappa shape index (κ1) is 25.2. The molecule has 0 unspecified atom stereocenters. The third-order valence-electron chi connectivity index (χ3n) is 7.17. The Balaban J connectivity index is 1.49. The van der Waals surface area contributed by atoms with E-state index >= 15 is 0 Å². The summed E-state index contributed by atoms with van der Waals surface area (Å²) in [6, 6.07) is 36.7. The third kappa shape index (κ3) is 4.63. The van der Waals surface area contributed by atoms with Gasteiger partial charge in [-0.2, -0.15) is 0 Å². The Kier molecular flexibility index (Phi) is 6.59. The van der Waals surface area contributed by atoms with Crippen LogP contribution < -0.4 is 15.0 Å². The molecule has 42 heavy (non-hydrogen) atoms. The molecule has 7 rings (SSSR count). The molecule has 202 valence electrons. The molecule has 0 spiro atoms. The number of hydrogen-bond donors (Lipinski definition) is 1. The maximum Gasteiger partial charge on any atom is 0.266 e. The summed E-state index contributed by atoms with van der Waals surface area (Å²) in [4.78, 5) is 22.7. The normalized spacial score (nSPS) is 11.0. The summed E-state index contributed by atoms with van der Waals surface area (Å²) in [5.41, 5.74) is 4.03. The zero-order valence-corrected chi connectivity index (χ0v) is 22.6. The second kappa shape index (κ2) is 11.0. The lowest BCUT2D eigenvalue weighted by Gasteiger charge is -2.17. The van der Waals surface area contributed by atoms with Crippen LogP contribution in [0, 0.1) is 11.8 Å². The van der Waals surface area contributed by atoms with Gasteiger partial charge in [-0.05, 0) is 48.4 Å². The van der Waals surface area contributed by atoms with E-state index in [1.54, 1.807) is 10.8 Å². The molecular weight excluding hydrogens is 522 g/mol. The smallest absolute Gasteiger partial charge is 0.266 e. The Morgan fingerprint density at radius 1 is 0.762 bits per heavy atom. The molecule has 0 aliphatic carbocycles. The molecular formula is C36H25N3O3. The summed E-state index contributed by atoms with van der Waals surface area (Å²) in [5, 5.41) is 2.35. The Morgan fingerprint density at radius 2 is 1.48 bits per heavy atom. The fraction of sp³-hybridized carbons (Fsp3) is 0.0556. The summed E-state index contributed by atoms with van der Waals surface area (Å²) >= 11 is 0. The van der Waals surface area contributed by atoms with Gasteiger partial charge in [0, 0.05) is 28.0 Å². The van der Waals surface area contributed by atoms with E-state index in [1.807, 2.05) is 115 Å². The van der Waals surface area contributed by atoms with Gasteiger partial charge in [0.15, 0.2) is 0 Å². The van der Waals surface area contributed by atoms with Crippen LogP contribution in [0.4, 0.5) is 0 Å². The first-order valence-electron chi connectivity index (χ1n) is 13.6. The average molecular weight is 548 g/mol. The quantitative estimate of drug-likeness (QED) is 0.227. The van der Waals surface area contributed by atoms with Gasteiger partial charge >= 0.3 is 0 Å². The van der Waals surface area contributed by atoms with Crippen molar-refractivity contribution in [2.75, 3.05) is 6.61 Å². The maximum atomic E-state index is 14.5. The van der Waals surface area contributed by atoms with Crippen LogP contribution in [0.1, 0.15) is 11.3 Å². The number of para-hydroxylation sites is 4. The van der Waals surface area contributed by atoms with E-state index in [9.17, 15) is 4.79 Å². The molecule has 0 fully saturated rings. The van der Waals surface area contributed by atoms with Crippen molar-refractivity contribution in [3.63, 3.8) is 0 Å². The lowest BCUT2D eigenvalue weighted by molar-refractivity contribution is 0.306. The maximum absolute atomic E-state index is 14.5. The van der Waals surface area contributed by atoms with E-state index in [2.05, 4.69) is 21.8 Å². The van der Waals surface area contributed by atoms with Crippen molar-refractivity contribution < 1.29 is 9.47 Å². The highest BCUT2D eigenvalue weighted by Crippen LogP contribution is 2.30. The van der Waals surface area contributed by atoms with Crippen LogP contribution in [-0.2, 0) is 6.61 Å². The molecule has 0 saturated heterocycles. The highest BCUT2D eigenvalue weighted by atomic mass is 16.5. The number of rotatable bonds is 6. The number of ether oxygens (including phenoxy) is 2. The minimum Gasteiger partial charge on any atom is -0.489 e. The van der Waals surface area contributed by atoms with Crippen molar-refractivity contribution in [2.45, 2.75) is 6.61 Å². The lowest BCUT2D eigenvalue weighted by atomic mass is 10.1. The number of H-pyrrole nitrogens is 1. The molecule has 0 aliphatic rings. The van der Waals surface area contributed by atoms with E-state index in [0.717, 1.165) is 33.4 Å². The lowest BCUT2D eigenvalue weighted by Crippen LogP contribution is -2.24. The van der Waals surface area contributed by atoms with Crippen molar-refractivity contribution in [1.82, 2.24) is 14.5 Å². The number of benzene rings is 4. The summed E-state index contributed by atoms with van der Waals surface area (Å²) in [7, 11) is 0. The predicted molar refractivity (Wildman–Crippen MR) is 166 cm³/mol. The Hall–Kier alpha value is -5.80. The van der Waals surface area contributed by atoms with Crippen molar-refractivity contribution in [2.24, 2.45) is 0 Å². The highest BCUT2D eigenvalue weighted by molar-refractivity contribution is 6.08. The number of pyridine rings is 2. The number of nitrogens with one attached hydrogen (secondary N) is 1. The minimum absolute atomic E-state index is 0.149. The molecule has 6 nitrogen and oxygen atoms in total. The SMILES string of the molecule is O=c1c2c([nH]c3ccccc32)c(COc2ccccc2)c(C#CCOc2ccccc2)n1-c1cccc2cccnc12. The second-order valence-corrected chi connectivity index (χ2v) is 9.75. The molecule has 7 aromatic rings. The number of fused-ring (bicyclic) bond motifs is 4. The van der Waals surface area contributed by atoms with Crippen LogP contribution in [0.2, 0.25) is 0 Å². The second-order valence-electron chi connectivity index (χ2n) is 9.75. The highest BCUT2D eigenvalue weighted by Gasteiger charge is 2.22. The Labute approximate surface area is 241 Å². The van der Waals surface area contributed by atoms with Gasteiger partial charge in [0.1, 0.15) is 30.4 Å². The molecule has 0 bridgehead atoms. The molecule has 0 aliphatic heterocycles. The molecule has 0 saturated carbocycles. The summed E-state index contributed by atoms with van der Waals surface area (Å²) in [6.07, 6.45) is 1.74. The predicted octanol–water partition coefficient (Wildman–Crippen LogP) is 7.03. The first-order valence-corrected chi connectivity index (χ1v) is 13.6. The summed E-state index contributed by atoms with van der Waals surface area (Å²) in [5.74, 6) is 7.88. The first-order chi connectivity index (χ1) is 20.8. The van der Waals surface area contributed by atoms with Gasteiger partial charge in [0.25, 0.3) is 5.56 Å². The van der Waals surface area contributed by atoms with Crippen molar-refractivity contribution in [3.05, 3.63) is 143 Å². The van der Waals surface area contributed by atoms with Gasteiger partial charge in [0.2, 0.25) is 0 Å². The van der Waals surface area contributed by atoms with Gasteiger partial charge in [-0.3, -0.25) is 14.3 Å². The average Bonchev–Trinajstić information content (AvgIpc) is 3.44. The Morgan fingerprint density at radius 3 is 2.29 bits per heavy atom. The largest absolute Gasteiger partial charge is 0.489 e. The molecule has 6 heteroatoms. The van der Waals surface area contributed by atoms with E-state index in [1.165, 1.54) is 0 Å². The zero-order valence-electron chi connectivity index (χ0n) is 22.6. The van der Waals surface area contributed by atoms with E-state index < -0.39 is 0 Å². The van der Waals surface area contributed by atoms with Gasteiger partial charge in [-0.1, -0.05) is 78.7 Å². The van der Waals surface area contributed by atoms with Crippen molar-refractivity contribution in [3.8, 4) is 29.0 Å². The minimum atomic E-state index is -0.183. The van der Waals surface area contributed by atoms with Crippen molar-refractivity contribution in [1.29, 1.82) is 0 Å². The third-order valence-corrected chi connectivity index (χ3v) is 7.17. The van der Waals surface area contributed by atoms with Crippen LogP contribution in [0.5, 0.6) is 11.5 Å². The van der Waals surface area contributed by atoms with Crippen LogP contribution in [0.15, 0.2) is 126 Å². The number of aromatic nitrogens is 3. The van der Waals surface area contributed by atoms with Gasteiger partial charge in [0.05, 0.1) is 22.1 Å². The molecule has 4 aromatic carbocycles. The molecule has 3 aromatic heterocycles. The molecule has 0 radical (unpaired) electrons. The number of aromatic amines is 1. The monoisotopic (exact) mass is 547 g/mol. The molecule has 0 atom stereocenters. The van der Waals surface area contributed by atoms with E-state index in [4.69, 9.17) is 9.47 Å². The van der Waals surface area contributed by atoms with Crippen LogP contribution in [0.25, 0.3) is 38.4 Å². The standard InChI is InChI=1S/C36H25N3O3/c40-36-33-28-18-7-8-19-30(28)38-35(33)29(24-42-27-16-5-2-6-17-27)31(21-11-23-41-26-14-3-1-4-15-26)39(36)32-20-9-12-25-13-10-22-37-34(25)32/h1-10,12-20,22,38H,23-24H2. The Bertz CT molecular complexity index is 2170. The van der Waals surface area contributed by atoms with Crippen molar-refractivity contribution >= 4 is 32.7 Å². The fourth-order valence-corrected chi connectivity index (χ4v) is 5.26. The van der Waals surface area contributed by atoms with Crippen LogP contribution in [-0.4, -0.2) is 21.1 Å². The fourth-order valence-electron chi connectivity index (χ4n) is 5.26. The van der Waals surface area contributed by atoms with Gasteiger partial charge in [-0.15, -0.1) is 0 Å². The summed E-state index contributed by atoms with van der Waals surface area (Å²) in [6.45, 7) is 0.338. The molecule has 1 N–H and O–H groups in total. The molecule has 3 heterocycles. The molecule has 0 amide bonds. The topological polar surface area (TPSA) is 69.1 Å². The van der Waals surface area contributed by atoms with Crippen LogP contribution in [0.3, 0.4) is 0 Å². The van der Waals surface area contributed by atoms with Crippen LogP contribution >= 0.6 is 0 Å². The summed E-state index contributed by atoms with van der Waals surface area (Å²) < 4.78 is 13.8. The number of nitrogens with zero attached hydrogens (tertiary/aromatic N) is 2.